The van der Waals surface area contributed by atoms with Crippen LogP contribution in [-0.2, 0) is 24.5 Å². The monoisotopic (exact) mass is 584 g/mol. The van der Waals surface area contributed by atoms with Crippen LogP contribution in [0.25, 0.3) is 0 Å². The van der Waals surface area contributed by atoms with E-state index in [0.717, 1.165) is 11.3 Å². The Bertz CT molecular complexity index is 1700. The lowest BCUT2D eigenvalue weighted by Crippen LogP contribution is -2.37. The summed E-state index contributed by atoms with van der Waals surface area (Å²) in [5.74, 6) is -1.28. The predicted octanol–water partition coefficient (Wildman–Crippen LogP) is 5.29. The molecule has 4 aromatic rings. The highest BCUT2D eigenvalue weighted by Crippen LogP contribution is 2.49. The summed E-state index contributed by atoms with van der Waals surface area (Å²) in [5.41, 5.74) is 1.38. The molecule has 10 heteroatoms. The van der Waals surface area contributed by atoms with Gasteiger partial charge >= 0.3 is 10.1 Å². The molecule has 2 fully saturated rings. The molecule has 0 N–H and O–H groups in total. The average molecular weight is 585 g/mol. The van der Waals surface area contributed by atoms with Gasteiger partial charge in [0.15, 0.2) is 6.10 Å². The summed E-state index contributed by atoms with van der Waals surface area (Å²) in [6.45, 7) is 2.56. The second-order valence-corrected chi connectivity index (χ2v) is 11.4. The number of hydrogen-bond donors (Lipinski definition) is 0. The second kappa shape index (κ2) is 11.3. The van der Waals surface area contributed by atoms with Crippen LogP contribution in [0.5, 0.6) is 11.5 Å². The maximum absolute atomic E-state index is 14.0. The number of fused-ring (bicyclic) bond motifs is 1. The van der Waals surface area contributed by atoms with Gasteiger partial charge in [-0.3, -0.25) is 14.4 Å². The Morgan fingerprint density at radius 2 is 1.40 bits per heavy atom. The number of hydrogen-bond acceptors (Lipinski definition) is 8. The van der Waals surface area contributed by atoms with Gasteiger partial charge in [-0.1, -0.05) is 61.5 Å². The Balaban J connectivity index is 1.39. The first kappa shape index (κ1) is 27.5. The van der Waals surface area contributed by atoms with E-state index in [9.17, 15) is 18.0 Å². The second-order valence-electron chi connectivity index (χ2n) is 9.90. The number of carbonyl (C=O) groups excluding carboxylic acids is 2. The van der Waals surface area contributed by atoms with Crippen LogP contribution < -0.4 is 18.9 Å². The maximum atomic E-state index is 14.0. The summed E-state index contributed by atoms with van der Waals surface area (Å²) in [6.07, 6.45) is -0.277. The molecule has 6 rings (SSSR count). The van der Waals surface area contributed by atoms with E-state index in [1.165, 1.54) is 23.3 Å². The average Bonchev–Trinajstić information content (AvgIpc) is 3.52. The largest absolute Gasteiger partial charge is 0.494 e. The molecule has 2 amide bonds. The Labute approximate surface area is 243 Å². The Morgan fingerprint density at radius 3 is 2.10 bits per heavy atom. The lowest BCUT2D eigenvalue weighted by Gasteiger charge is -2.29. The number of carbonyl (C=O) groups is 2. The zero-order valence-corrected chi connectivity index (χ0v) is 23.5. The van der Waals surface area contributed by atoms with Gasteiger partial charge in [0.1, 0.15) is 22.3 Å². The number of hydroxylamine groups is 1. The highest BCUT2D eigenvalue weighted by molar-refractivity contribution is 7.87. The van der Waals surface area contributed by atoms with Gasteiger partial charge in [-0.15, -0.1) is 0 Å². The third-order valence-corrected chi connectivity index (χ3v) is 8.41. The number of para-hydroxylation sites is 2. The van der Waals surface area contributed by atoms with Gasteiger partial charge in [-0.05, 0) is 61.0 Å². The fourth-order valence-electron chi connectivity index (χ4n) is 5.25. The molecule has 2 aliphatic rings. The number of nitrogens with zero attached hydrogens (tertiary/aromatic N) is 2. The van der Waals surface area contributed by atoms with Crippen molar-refractivity contribution < 1.29 is 31.8 Å². The molecular formula is C32H28N2O7S. The van der Waals surface area contributed by atoms with Gasteiger partial charge in [-0.25, -0.2) is 9.96 Å². The van der Waals surface area contributed by atoms with E-state index in [4.69, 9.17) is 13.8 Å². The van der Waals surface area contributed by atoms with Gasteiger partial charge in [-0.2, -0.15) is 8.42 Å². The molecule has 0 bridgehead atoms. The summed E-state index contributed by atoms with van der Waals surface area (Å²) >= 11 is 0. The molecule has 0 spiro atoms. The van der Waals surface area contributed by atoms with E-state index in [1.807, 2.05) is 25.1 Å². The maximum Gasteiger partial charge on any atom is 0.339 e. The summed E-state index contributed by atoms with van der Waals surface area (Å²) in [4.78, 5) is 35.1. The number of anilines is 2. The van der Waals surface area contributed by atoms with Crippen molar-refractivity contribution in [1.29, 1.82) is 0 Å². The molecule has 4 aromatic carbocycles. The summed E-state index contributed by atoms with van der Waals surface area (Å²) < 4.78 is 37.7. The zero-order valence-electron chi connectivity index (χ0n) is 22.7. The van der Waals surface area contributed by atoms with Crippen LogP contribution in [0.15, 0.2) is 114 Å². The number of imide groups is 1. The molecule has 0 aromatic heterocycles. The summed E-state index contributed by atoms with van der Waals surface area (Å²) in [5, 5.41) is 1.50. The topological polar surface area (TPSA) is 102 Å². The van der Waals surface area contributed by atoms with Gasteiger partial charge in [0.25, 0.3) is 5.91 Å². The van der Waals surface area contributed by atoms with E-state index in [1.54, 1.807) is 72.8 Å². The zero-order chi connectivity index (χ0) is 29.3. The van der Waals surface area contributed by atoms with Gasteiger partial charge in [0, 0.05) is 5.56 Å². The van der Waals surface area contributed by atoms with E-state index in [2.05, 4.69) is 0 Å². The van der Waals surface area contributed by atoms with Crippen molar-refractivity contribution in [2.75, 3.05) is 16.6 Å². The van der Waals surface area contributed by atoms with Crippen LogP contribution >= 0.6 is 0 Å². The fraction of sp³-hybridized carbons (Fsp3) is 0.188. The quantitative estimate of drug-likeness (QED) is 0.193. The highest BCUT2D eigenvalue weighted by Gasteiger charge is 2.60. The molecule has 2 aliphatic heterocycles. The minimum Gasteiger partial charge on any atom is -0.494 e. The first-order valence-corrected chi connectivity index (χ1v) is 15.0. The molecular weight excluding hydrogens is 556 g/mol. The van der Waals surface area contributed by atoms with Crippen LogP contribution in [0.2, 0.25) is 0 Å². The van der Waals surface area contributed by atoms with Crippen molar-refractivity contribution in [1.82, 2.24) is 0 Å². The highest BCUT2D eigenvalue weighted by atomic mass is 32.2. The molecule has 2 saturated heterocycles. The smallest absolute Gasteiger partial charge is 0.339 e. The molecule has 214 valence electrons. The normalized spacial score (nSPS) is 20.1. The Hall–Kier alpha value is -4.67. The number of ether oxygens (including phenoxy) is 1. The number of benzene rings is 4. The standard InChI is InChI=1S/C32H28N2O7S/c1-2-21-39-24-19-17-22(18-20-24)33-31(35)28-29(34(40-30(28)32(33)36)23-11-5-3-6-12-23)26-15-9-10-16-27(26)41-42(37,38)25-13-7-4-8-14-25/h3-20,28-30H,2,21H2,1H3/t28-,29+,30-/m0/s1. The minimum absolute atomic E-state index is 0.00933. The Kier molecular flexibility index (Phi) is 7.40. The number of amides is 2. The lowest BCUT2D eigenvalue weighted by atomic mass is 9.90. The molecule has 0 saturated carbocycles. The Morgan fingerprint density at radius 1 is 0.762 bits per heavy atom. The van der Waals surface area contributed by atoms with Crippen LogP contribution in [-0.4, -0.2) is 32.9 Å². The lowest BCUT2D eigenvalue weighted by molar-refractivity contribution is -0.126. The van der Waals surface area contributed by atoms with Gasteiger partial charge in [0.2, 0.25) is 5.91 Å². The third kappa shape index (κ3) is 4.99. The first-order valence-electron chi connectivity index (χ1n) is 13.6. The minimum atomic E-state index is -4.19. The molecule has 0 unspecified atom stereocenters. The van der Waals surface area contributed by atoms with Crippen LogP contribution in [0.3, 0.4) is 0 Å². The van der Waals surface area contributed by atoms with Gasteiger partial charge in [0.05, 0.1) is 24.0 Å². The molecule has 42 heavy (non-hydrogen) atoms. The van der Waals surface area contributed by atoms with E-state index >= 15 is 0 Å². The van der Waals surface area contributed by atoms with Crippen LogP contribution in [0.1, 0.15) is 24.9 Å². The number of rotatable bonds is 9. The van der Waals surface area contributed by atoms with E-state index in [-0.39, 0.29) is 10.6 Å². The van der Waals surface area contributed by atoms with Crippen LogP contribution in [0.4, 0.5) is 11.4 Å². The van der Waals surface area contributed by atoms with E-state index in [0.29, 0.717) is 29.3 Å². The molecule has 3 atom stereocenters. The van der Waals surface area contributed by atoms with Crippen molar-refractivity contribution >= 4 is 33.3 Å². The van der Waals surface area contributed by atoms with Crippen LogP contribution in [0, 0.1) is 5.92 Å². The van der Waals surface area contributed by atoms with Gasteiger partial charge < -0.3 is 8.92 Å². The molecule has 0 radical (unpaired) electrons. The first-order chi connectivity index (χ1) is 20.4. The molecule has 2 heterocycles. The van der Waals surface area contributed by atoms with Crippen molar-refractivity contribution in [2.24, 2.45) is 5.92 Å². The third-order valence-electron chi connectivity index (χ3n) is 7.16. The summed E-state index contributed by atoms with van der Waals surface area (Å²) in [6, 6.07) is 29.3. The van der Waals surface area contributed by atoms with Crippen molar-refractivity contribution in [3.8, 4) is 11.5 Å². The summed E-state index contributed by atoms with van der Waals surface area (Å²) in [7, 11) is -4.19. The molecule has 9 nitrogen and oxygen atoms in total. The predicted molar refractivity (Wildman–Crippen MR) is 155 cm³/mol. The van der Waals surface area contributed by atoms with E-state index < -0.39 is 40.0 Å². The van der Waals surface area contributed by atoms with Crippen molar-refractivity contribution in [3.05, 3.63) is 115 Å². The SMILES string of the molecule is CCCOc1ccc(N2C(=O)[C@@H]3[C@H](ON(c4ccccc4)[C@@H]3c3ccccc3OS(=O)(=O)c3ccccc3)C2=O)cc1. The van der Waals surface area contributed by atoms with Crippen molar-refractivity contribution in [3.63, 3.8) is 0 Å². The molecule has 0 aliphatic carbocycles. The fourth-order valence-corrected chi connectivity index (χ4v) is 6.22. The van der Waals surface area contributed by atoms with Crippen molar-refractivity contribution in [2.45, 2.75) is 30.4 Å².